The lowest BCUT2D eigenvalue weighted by Crippen LogP contribution is -2.38. The highest BCUT2D eigenvalue weighted by atomic mass is 35.5. The van der Waals surface area contributed by atoms with Crippen molar-refractivity contribution in [2.45, 2.75) is 58.8 Å². The summed E-state index contributed by atoms with van der Waals surface area (Å²) in [6.07, 6.45) is 2.30. The molecule has 0 aliphatic heterocycles. The molecule has 172 valence electrons. The first-order valence-corrected chi connectivity index (χ1v) is 11.7. The Labute approximate surface area is 198 Å². The number of phenols is 1. The molecule has 0 amide bonds. The van der Waals surface area contributed by atoms with Crippen molar-refractivity contribution in [3.05, 3.63) is 57.6 Å². The quantitative estimate of drug-likeness (QED) is 0.348. The van der Waals surface area contributed by atoms with Gasteiger partial charge in [-0.2, -0.15) is 0 Å². The first-order valence-electron chi connectivity index (χ1n) is 10.9. The lowest BCUT2D eigenvalue weighted by molar-refractivity contribution is -0.0242. The maximum Gasteiger partial charge on any atom is 0.338 e. The van der Waals surface area contributed by atoms with Crippen LogP contribution in [0.15, 0.2) is 36.4 Å². The Hall–Kier alpha value is -1.95. The van der Waals surface area contributed by atoms with E-state index in [1.807, 2.05) is 0 Å². The van der Waals surface area contributed by atoms with Crippen molar-refractivity contribution in [2.75, 3.05) is 5.32 Å². The number of fused-ring (bicyclic) bond motifs is 2. The number of esters is 1. The third-order valence-corrected chi connectivity index (χ3v) is 8.44. The molecule has 7 heteroatoms. The van der Waals surface area contributed by atoms with Crippen LogP contribution >= 0.6 is 23.2 Å². The third-order valence-electron chi connectivity index (χ3n) is 7.94. The van der Waals surface area contributed by atoms with Crippen LogP contribution in [0.5, 0.6) is 5.75 Å². The molecular formula is C25H29Cl2NO4. The topological polar surface area (TPSA) is 78.8 Å². The first kappa shape index (κ1) is 23.2. The molecule has 2 aliphatic rings. The molecule has 2 saturated carbocycles. The molecule has 3 N–H and O–H groups in total. The van der Waals surface area contributed by atoms with Gasteiger partial charge in [0.25, 0.3) is 0 Å². The molecule has 4 unspecified atom stereocenters. The fourth-order valence-electron chi connectivity index (χ4n) is 5.43. The van der Waals surface area contributed by atoms with Crippen molar-refractivity contribution in [3.8, 4) is 5.75 Å². The number of halogens is 2. The molecule has 2 fully saturated rings. The molecule has 4 rings (SSSR count). The fraction of sp³-hybridized carbons (Fsp3) is 0.480. The van der Waals surface area contributed by atoms with Gasteiger partial charge in [0.1, 0.15) is 18.1 Å². The SMILES string of the molecule is CC1(C)C2CCC1(C)C(OC(=O)c1ccc(NC(O)Cc3cc(Cl)cc(Cl)c3O)cc1)C2. The highest BCUT2D eigenvalue weighted by molar-refractivity contribution is 6.35. The van der Waals surface area contributed by atoms with Crippen LogP contribution in [-0.4, -0.2) is 28.5 Å². The Balaban J connectivity index is 1.37. The lowest BCUT2D eigenvalue weighted by atomic mass is 9.70. The van der Waals surface area contributed by atoms with E-state index in [-0.39, 0.29) is 40.1 Å². The van der Waals surface area contributed by atoms with E-state index < -0.39 is 6.23 Å². The first-order chi connectivity index (χ1) is 15.0. The molecule has 0 radical (unpaired) electrons. The van der Waals surface area contributed by atoms with Crippen molar-refractivity contribution in [2.24, 2.45) is 16.7 Å². The van der Waals surface area contributed by atoms with Crippen LogP contribution in [0.4, 0.5) is 5.69 Å². The van der Waals surface area contributed by atoms with Crippen LogP contribution in [-0.2, 0) is 11.2 Å². The Kier molecular flexibility index (Phi) is 6.12. The van der Waals surface area contributed by atoms with E-state index in [0.717, 1.165) is 12.8 Å². The van der Waals surface area contributed by atoms with Crippen molar-refractivity contribution in [1.82, 2.24) is 0 Å². The normalized spacial score (nSPS) is 26.7. The zero-order chi connectivity index (χ0) is 23.3. The van der Waals surface area contributed by atoms with Gasteiger partial charge in [-0.1, -0.05) is 44.0 Å². The van der Waals surface area contributed by atoms with Crippen molar-refractivity contribution < 1.29 is 19.7 Å². The van der Waals surface area contributed by atoms with Gasteiger partial charge in [-0.25, -0.2) is 4.79 Å². The molecule has 2 aromatic carbocycles. The summed E-state index contributed by atoms with van der Waals surface area (Å²) in [4.78, 5) is 12.8. The number of nitrogens with one attached hydrogen (secondary N) is 1. The van der Waals surface area contributed by atoms with Gasteiger partial charge in [0.15, 0.2) is 0 Å². The molecule has 0 spiro atoms. The minimum atomic E-state index is -0.982. The van der Waals surface area contributed by atoms with Gasteiger partial charge < -0.3 is 20.3 Å². The predicted molar refractivity (Wildman–Crippen MR) is 126 cm³/mol. The zero-order valence-electron chi connectivity index (χ0n) is 18.5. The molecule has 2 aliphatic carbocycles. The van der Waals surface area contributed by atoms with Crippen LogP contribution < -0.4 is 5.32 Å². The largest absolute Gasteiger partial charge is 0.506 e. The number of carbonyl (C=O) groups excluding carboxylic acids is 1. The Morgan fingerprint density at radius 2 is 1.91 bits per heavy atom. The summed E-state index contributed by atoms with van der Waals surface area (Å²) < 4.78 is 5.94. The minimum Gasteiger partial charge on any atom is -0.506 e. The van der Waals surface area contributed by atoms with Gasteiger partial charge in [0, 0.05) is 28.1 Å². The summed E-state index contributed by atoms with van der Waals surface area (Å²) in [6, 6.07) is 9.81. The third kappa shape index (κ3) is 4.07. The number of carbonyl (C=O) groups is 1. The number of aliphatic hydroxyl groups is 1. The Morgan fingerprint density at radius 3 is 2.50 bits per heavy atom. The van der Waals surface area contributed by atoms with E-state index >= 15 is 0 Å². The van der Waals surface area contributed by atoms with E-state index in [4.69, 9.17) is 27.9 Å². The van der Waals surface area contributed by atoms with Crippen molar-refractivity contribution >= 4 is 34.9 Å². The number of aromatic hydroxyl groups is 1. The molecule has 32 heavy (non-hydrogen) atoms. The average Bonchev–Trinajstić information content (AvgIpc) is 3.05. The van der Waals surface area contributed by atoms with Gasteiger partial charge in [-0.3, -0.25) is 0 Å². The van der Waals surface area contributed by atoms with Crippen LogP contribution in [0.25, 0.3) is 0 Å². The number of ether oxygens (including phenoxy) is 1. The van der Waals surface area contributed by atoms with E-state index in [0.29, 0.717) is 27.8 Å². The maximum absolute atomic E-state index is 12.8. The van der Waals surface area contributed by atoms with Gasteiger partial charge >= 0.3 is 5.97 Å². The summed E-state index contributed by atoms with van der Waals surface area (Å²) in [6.45, 7) is 6.83. The number of hydrogen-bond donors (Lipinski definition) is 3. The second kappa shape index (κ2) is 8.44. The summed E-state index contributed by atoms with van der Waals surface area (Å²) in [7, 11) is 0. The summed E-state index contributed by atoms with van der Waals surface area (Å²) in [5.74, 6) is 0.185. The highest BCUT2D eigenvalue weighted by Crippen LogP contribution is 2.66. The molecule has 0 saturated heterocycles. The highest BCUT2D eigenvalue weighted by Gasteiger charge is 2.62. The number of hydrogen-bond acceptors (Lipinski definition) is 5. The molecular weight excluding hydrogens is 449 g/mol. The monoisotopic (exact) mass is 477 g/mol. The van der Waals surface area contributed by atoms with E-state index in [2.05, 4.69) is 26.1 Å². The fourth-order valence-corrected chi connectivity index (χ4v) is 5.97. The minimum absolute atomic E-state index is 0.0216. The second-order valence-corrected chi connectivity index (χ2v) is 10.7. The molecule has 0 aromatic heterocycles. The Bertz CT molecular complexity index is 1020. The van der Waals surface area contributed by atoms with Gasteiger partial charge in [0.05, 0.1) is 10.6 Å². The zero-order valence-corrected chi connectivity index (χ0v) is 20.0. The molecule has 2 aromatic rings. The van der Waals surface area contributed by atoms with Gasteiger partial charge in [0.2, 0.25) is 0 Å². The molecule has 2 bridgehead atoms. The van der Waals surface area contributed by atoms with E-state index in [1.165, 1.54) is 12.5 Å². The standard InChI is InChI=1S/C25H29Cl2NO4/c1-24(2)16-8-9-25(24,3)20(12-16)32-23(31)14-4-6-18(7-5-14)28-21(29)11-15-10-17(26)13-19(27)22(15)30/h4-7,10,13,16,20-21,28-30H,8-9,11-12H2,1-3H3. The Morgan fingerprint density at radius 1 is 1.22 bits per heavy atom. The summed E-state index contributed by atoms with van der Waals surface area (Å²) in [5.41, 5.74) is 1.75. The van der Waals surface area contributed by atoms with Crippen LogP contribution in [0.1, 0.15) is 56.0 Å². The maximum atomic E-state index is 12.8. The molecule has 5 nitrogen and oxygen atoms in total. The number of rotatable bonds is 6. The van der Waals surface area contributed by atoms with Crippen molar-refractivity contribution in [1.29, 1.82) is 0 Å². The van der Waals surface area contributed by atoms with Gasteiger partial charge in [-0.15, -0.1) is 0 Å². The average molecular weight is 478 g/mol. The molecule has 4 atom stereocenters. The lowest BCUT2D eigenvalue weighted by Gasteiger charge is -2.38. The number of aliphatic hydroxyl groups excluding tert-OH is 1. The molecule has 0 heterocycles. The van der Waals surface area contributed by atoms with E-state index in [9.17, 15) is 15.0 Å². The number of benzene rings is 2. The van der Waals surface area contributed by atoms with E-state index in [1.54, 1.807) is 30.3 Å². The summed E-state index contributed by atoms with van der Waals surface area (Å²) in [5, 5.41) is 23.9. The predicted octanol–water partition coefficient (Wildman–Crippen LogP) is 6.04. The summed E-state index contributed by atoms with van der Waals surface area (Å²) >= 11 is 11.9. The smallest absolute Gasteiger partial charge is 0.338 e. The number of phenolic OH excluding ortho intramolecular Hbond substituents is 1. The second-order valence-electron chi connectivity index (χ2n) is 9.84. The van der Waals surface area contributed by atoms with Crippen LogP contribution in [0.2, 0.25) is 10.0 Å². The van der Waals surface area contributed by atoms with Crippen LogP contribution in [0.3, 0.4) is 0 Å². The van der Waals surface area contributed by atoms with Crippen LogP contribution in [0, 0.1) is 16.7 Å². The number of anilines is 1. The van der Waals surface area contributed by atoms with Gasteiger partial charge in [-0.05, 0) is 67.0 Å². The van der Waals surface area contributed by atoms with Crippen molar-refractivity contribution in [3.63, 3.8) is 0 Å².